The zero-order valence-corrected chi connectivity index (χ0v) is 12.8. The molecule has 1 aliphatic rings. The monoisotopic (exact) mass is 332 g/mol. The van der Waals surface area contributed by atoms with E-state index in [0.29, 0.717) is 22.4 Å². The zero-order chi connectivity index (χ0) is 17.1. The number of halogens is 2. The van der Waals surface area contributed by atoms with Gasteiger partial charge < -0.3 is 14.2 Å². The second kappa shape index (κ2) is 6.70. The van der Waals surface area contributed by atoms with Crippen LogP contribution in [0.3, 0.4) is 0 Å². The van der Waals surface area contributed by atoms with E-state index >= 15 is 0 Å². The second-order valence-electron chi connectivity index (χ2n) is 5.07. The number of carbonyl (C=O) groups is 1. The van der Waals surface area contributed by atoms with E-state index in [1.165, 1.54) is 19.2 Å². The van der Waals surface area contributed by atoms with Crippen molar-refractivity contribution in [3.63, 3.8) is 0 Å². The Morgan fingerprint density at radius 1 is 1.17 bits per heavy atom. The highest BCUT2D eigenvalue weighted by Crippen LogP contribution is 2.32. The standard InChI is InChI=1S/C18H14F2O4/c1-22-16-9-11(6-7-15(16)24-18(19)20)8-12-10-23-14-5-3-2-4-13(14)17(12)21/h2-9,18H,10H2,1H3/b12-8-. The normalized spacial score (nSPS) is 15.2. The minimum atomic E-state index is -2.94. The number of fused-ring (bicyclic) bond motifs is 1. The maximum absolute atomic E-state index is 12.5. The van der Waals surface area contributed by atoms with E-state index in [-0.39, 0.29) is 23.9 Å². The van der Waals surface area contributed by atoms with Gasteiger partial charge in [0.05, 0.1) is 12.7 Å². The van der Waals surface area contributed by atoms with Crippen LogP contribution in [0.2, 0.25) is 0 Å². The van der Waals surface area contributed by atoms with E-state index in [9.17, 15) is 13.6 Å². The third-order valence-electron chi connectivity index (χ3n) is 3.55. The van der Waals surface area contributed by atoms with Crippen LogP contribution in [0.1, 0.15) is 15.9 Å². The molecular formula is C18H14F2O4. The van der Waals surface area contributed by atoms with Gasteiger partial charge in [-0.2, -0.15) is 8.78 Å². The van der Waals surface area contributed by atoms with E-state index in [4.69, 9.17) is 9.47 Å². The van der Waals surface area contributed by atoms with Crippen LogP contribution in [0.5, 0.6) is 17.2 Å². The summed E-state index contributed by atoms with van der Waals surface area (Å²) >= 11 is 0. The number of Topliss-reactive ketones (excluding diaryl/α,β-unsaturated/α-hetero) is 1. The molecule has 0 saturated heterocycles. The fraction of sp³-hybridized carbons (Fsp3) is 0.167. The molecule has 1 heterocycles. The number of rotatable bonds is 4. The zero-order valence-electron chi connectivity index (χ0n) is 12.8. The molecule has 0 saturated carbocycles. The SMILES string of the molecule is COc1cc(/C=C2/COc3ccccc3C2=O)ccc1OC(F)F. The molecule has 6 heteroatoms. The molecule has 0 amide bonds. The van der Waals surface area contributed by atoms with Gasteiger partial charge in [-0.15, -0.1) is 0 Å². The van der Waals surface area contributed by atoms with E-state index < -0.39 is 6.61 Å². The van der Waals surface area contributed by atoms with Crippen molar-refractivity contribution >= 4 is 11.9 Å². The molecule has 24 heavy (non-hydrogen) atoms. The maximum atomic E-state index is 12.5. The van der Waals surface area contributed by atoms with E-state index in [1.54, 1.807) is 36.4 Å². The van der Waals surface area contributed by atoms with Crippen molar-refractivity contribution in [1.29, 1.82) is 0 Å². The van der Waals surface area contributed by atoms with Crippen molar-refractivity contribution in [2.75, 3.05) is 13.7 Å². The molecule has 1 aliphatic heterocycles. The summed E-state index contributed by atoms with van der Waals surface area (Å²) in [5, 5.41) is 0. The Labute approximate surface area is 137 Å². The molecule has 0 bridgehead atoms. The van der Waals surface area contributed by atoms with E-state index in [2.05, 4.69) is 4.74 Å². The molecule has 3 rings (SSSR count). The number of alkyl halides is 2. The molecule has 0 unspecified atom stereocenters. The fourth-order valence-electron chi connectivity index (χ4n) is 2.45. The average molecular weight is 332 g/mol. The predicted molar refractivity (Wildman–Crippen MR) is 83.9 cm³/mol. The Morgan fingerprint density at radius 2 is 1.96 bits per heavy atom. The van der Waals surface area contributed by atoms with Crippen LogP contribution in [0.15, 0.2) is 48.0 Å². The van der Waals surface area contributed by atoms with Gasteiger partial charge in [-0.1, -0.05) is 18.2 Å². The predicted octanol–water partition coefficient (Wildman–Crippen LogP) is 3.96. The number of hydrogen-bond acceptors (Lipinski definition) is 4. The average Bonchev–Trinajstić information content (AvgIpc) is 2.58. The van der Waals surface area contributed by atoms with Gasteiger partial charge in [-0.05, 0) is 35.9 Å². The van der Waals surface area contributed by atoms with Crippen molar-refractivity contribution in [2.45, 2.75) is 6.61 Å². The molecule has 0 aromatic heterocycles. The smallest absolute Gasteiger partial charge is 0.387 e. The lowest BCUT2D eigenvalue weighted by atomic mass is 9.98. The molecule has 0 aliphatic carbocycles. The molecule has 0 radical (unpaired) electrons. The lowest BCUT2D eigenvalue weighted by Crippen LogP contribution is -2.18. The summed E-state index contributed by atoms with van der Waals surface area (Å²) in [5.74, 6) is 0.530. The Bertz CT molecular complexity index is 799. The largest absolute Gasteiger partial charge is 0.493 e. The number of carbonyl (C=O) groups excluding carboxylic acids is 1. The maximum Gasteiger partial charge on any atom is 0.387 e. The van der Waals surface area contributed by atoms with Crippen molar-refractivity contribution in [3.8, 4) is 17.2 Å². The molecule has 0 atom stereocenters. The summed E-state index contributed by atoms with van der Waals surface area (Å²) in [6, 6.07) is 11.5. The number of para-hydroxylation sites is 1. The number of ketones is 1. The van der Waals surface area contributed by atoms with Crippen molar-refractivity contribution in [2.24, 2.45) is 0 Å². The summed E-state index contributed by atoms with van der Waals surface area (Å²) in [7, 11) is 1.36. The lowest BCUT2D eigenvalue weighted by Gasteiger charge is -2.18. The van der Waals surface area contributed by atoms with Gasteiger partial charge in [0.1, 0.15) is 12.4 Å². The van der Waals surface area contributed by atoms with Crippen LogP contribution in [-0.4, -0.2) is 26.1 Å². The Balaban J connectivity index is 1.90. The first kappa shape index (κ1) is 16.0. The fourth-order valence-corrected chi connectivity index (χ4v) is 2.45. The van der Waals surface area contributed by atoms with Crippen LogP contribution in [0.4, 0.5) is 8.78 Å². The number of hydrogen-bond donors (Lipinski definition) is 0. The van der Waals surface area contributed by atoms with Crippen LogP contribution in [-0.2, 0) is 0 Å². The quantitative estimate of drug-likeness (QED) is 0.795. The van der Waals surface area contributed by atoms with Crippen molar-refractivity contribution in [3.05, 3.63) is 59.2 Å². The molecule has 2 aromatic carbocycles. The van der Waals surface area contributed by atoms with Gasteiger partial charge in [0.2, 0.25) is 0 Å². The van der Waals surface area contributed by atoms with Gasteiger partial charge in [-0.25, -0.2) is 0 Å². The molecule has 2 aromatic rings. The van der Waals surface area contributed by atoms with Gasteiger partial charge in [0, 0.05) is 5.57 Å². The first-order valence-corrected chi connectivity index (χ1v) is 7.18. The van der Waals surface area contributed by atoms with Gasteiger partial charge in [-0.3, -0.25) is 4.79 Å². The molecule has 0 spiro atoms. The highest BCUT2D eigenvalue weighted by Gasteiger charge is 2.22. The van der Waals surface area contributed by atoms with Crippen molar-refractivity contribution in [1.82, 2.24) is 0 Å². The second-order valence-corrected chi connectivity index (χ2v) is 5.07. The first-order chi connectivity index (χ1) is 11.6. The topological polar surface area (TPSA) is 44.8 Å². The number of benzene rings is 2. The molecular weight excluding hydrogens is 318 g/mol. The van der Waals surface area contributed by atoms with Crippen LogP contribution in [0.25, 0.3) is 6.08 Å². The highest BCUT2D eigenvalue weighted by molar-refractivity contribution is 6.14. The summed E-state index contributed by atoms with van der Waals surface area (Å²) < 4.78 is 39.7. The van der Waals surface area contributed by atoms with Gasteiger partial charge in [0.25, 0.3) is 0 Å². The third kappa shape index (κ3) is 3.22. The number of methoxy groups -OCH3 is 1. The first-order valence-electron chi connectivity index (χ1n) is 7.18. The Kier molecular flexibility index (Phi) is 4.46. The summed E-state index contributed by atoms with van der Waals surface area (Å²) in [4.78, 5) is 12.5. The summed E-state index contributed by atoms with van der Waals surface area (Å²) in [5.41, 5.74) is 1.60. The lowest BCUT2D eigenvalue weighted by molar-refractivity contribution is -0.0512. The minimum absolute atomic E-state index is 0.0637. The third-order valence-corrected chi connectivity index (χ3v) is 3.55. The van der Waals surface area contributed by atoms with E-state index in [1.807, 2.05) is 0 Å². The highest BCUT2D eigenvalue weighted by atomic mass is 19.3. The minimum Gasteiger partial charge on any atom is -0.493 e. The Morgan fingerprint density at radius 3 is 2.71 bits per heavy atom. The molecule has 0 fully saturated rings. The van der Waals surface area contributed by atoms with Crippen LogP contribution in [0, 0.1) is 0 Å². The number of ether oxygens (including phenoxy) is 3. The van der Waals surface area contributed by atoms with Gasteiger partial charge >= 0.3 is 6.61 Å². The van der Waals surface area contributed by atoms with Crippen LogP contribution < -0.4 is 14.2 Å². The summed E-state index contributed by atoms with van der Waals surface area (Å²) in [6.45, 7) is -2.79. The van der Waals surface area contributed by atoms with Crippen molar-refractivity contribution < 1.29 is 27.8 Å². The van der Waals surface area contributed by atoms with E-state index in [0.717, 1.165) is 0 Å². The van der Waals surface area contributed by atoms with Gasteiger partial charge in [0.15, 0.2) is 17.3 Å². The van der Waals surface area contributed by atoms with Crippen LogP contribution >= 0.6 is 0 Å². The molecule has 4 nitrogen and oxygen atoms in total. The molecule has 124 valence electrons. The summed E-state index contributed by atoms with van der Waals surface area (Å²) in [6.07, 6.45) is 1.65. The Hall–Kier alpha value is -2.89. The molecule has 0 N–H and O–H groups in total.